The molecule has 1 atom stereocenters. The Morgan fingerprint density at radius 1 is 1.57 bits per heavy atom. The predicted octanol–water partition coefficient (Wildman–Crippen LogP) is -1.30. The fourth-order valence-corrected chi connectivity index (χ4v) is 0.926. The van der Waals surface area contributed by atoms with Crippen LogP contribution in [0, 0.1) is 0 Å². The third kappa shape index (κ3) is 1.45. The van der Waals surface area contributed by atoms with Crippen LogP contribution in [0.3, 0.4) is 0 Å². The van der Waals surface area contributed by atoms with Gasteiger partial charge in [0.1, 0.15) is 12.6 Å². The minimum absolute atomic E-state index is 0.0197. The van der Waals surface area contributed by atoms with Gasteiger partial charge in [0.05, 0.1) is 6.54 Å². The van der Waals surface area contributed by atoms with Gasteiger partial charge in [0.25, 0.3) is 0 Å². The molecule has 1 heterocycles. The molecule has 2 nitrogen and oxygen atoms in total. The minimum atomic E-state index is -0.0197. The van der Waals surface area contributed by atoms with E-state index in [4.69, 9.17) is 5.11 Å². The Morgan fingerprint density at radius 3 is 2.71 bits per heavy atom. The second-order valence-corrected chi connectivity index (χ2v) is 2.11. The van der Waals surface area contributed by atoms with Gasteiger partial charge in [0.2, 0.25) is 0 Å². The zero-order chi connectivity index (χ0) is 5.11. The van der Waals surface area contributed by atoms with Gasteiger partial charge in [0, 0.05) is 0 Å². The second-order valence-electron chi connectivity index (χ2n) is 2.11. The maximum atomic E-state index is 8.88. The van der Waals surface area contributed by atoms with Crippen LogP contribution < -0.4 is 5.32 Å². The smallest absolute Gasteiger partial charge is 0.103 e. The number of aliphatic hydroxyl groups excluding tert-OH is 1. The molecule has 0 saturated carbocycles. The molecule has 0 aromatic heterocycles. The molecule has 0 aromatic rings. The van der Waals surface area contributed by atoms with Crippen LogP contribution in [0.4, 0.5) is 0 Å². The van der Waals surface area contributed by atoms with Gasteiger partial charge in [0.15, 0.2) is 0 Å². The molecule has 0 aliphatic carbocycles. The summed E-state index contributed by atoms with van der Waals surface area (Å²) in [5.41, 5.74) is 0. The van der Waals surface area contributed by atoms with E-state index in [-0.39, 0.29) is 6.10 Å². The van der Waals surface area contributed by atoms with Crippen LogP contribution >= 0.6 is 0 Å². The fraction of sp³-hybridized carbons (Fsp3) is 1.00. The molecule has 42 valence electrons. The van der Waals surface area contributed by atoms with Crippen LogP contribution in [0.1, 0.15) is 12.8 Å². The molecular weight excluding hydrogens is 90.1 g/mol. The van der Waals surface area contributed by atoms with Crippen molar-refractivity contribution in [3.63, 3.8) is 0 Å². The molecule has 0 radical (unpaired) electrons. The number of hydrogen-bond acceptors (Lipinski definition) is 1. The van der Waals surface area contributed by atoms with Crippen molar-refractivity contribution >= 4 is 0 Å². The molecule has 2 heteroatoms. The van der Waals surface area contributed by atoms with Crippen LogP contribution in [0.25, 0.3) is 0 Å². The molecule has 3 N–H and O–H groups in total. The second kappa shape index (κ2) is 2.28. The monoisotopic (exact) mass is 102 g/mol. The molecule has 1 aliphatic heterocycles. The largest absolute Gasteiger partial charge is 0.387 e. The van der Waals surface area contributed by atoms with E-state index in [2.05, 4.69) is 5.32 Å². The summed E-state index contributed by atoms with van der Waals surface area (Å²) in [6.07, 6.45) is 2.17. The third-order valence-electron chi connectivity index (χ3n) is 1.38. The van der Waals surface area contributed by atoms with E-state index >= 15 is 0 Å². The summed E-state index contributed by atoms with van der Waals surface area (Å²) < 4.78 is 0. The van der Waals surface area contributed by atoms with Gasteiger partial charge in [-0.25, -0.2) is 0 Å². The highest BCUT2D eigenvalue weighted by Crippen LogP contribution is 1.94. The summed E-state index contributed by atoms with van der Waals surface area (Å²) in [6.45, 7) is 2.12. The van der Waals surface area contributed by atoms with Crippen molar-refractivity contribution in [1.82, 2.24) is 0 Å². The van der Waals surface area contributed by atoms with Gasteiger partial charge in [-0.05, 0) is 12.8 Å². The van der Waals surface area contributed by atoms with Crippen molar-refractivity contribution in [2.45, 2.75) is 18.9 Å². The van der Waals surface area contributed by atoms with Gasteiger partial charge in [-0.15, -0.1) is 0 Å². The topological polar surface area (TPSA) is 36.8 Å². The van der Waals surface area contributed by atoms with E-state index in [1.54, 1.807) is 0 Å². The lowest BCUT2D eigenvalue weighted by atomic mass is 10.1. The van der Waals surface area contributed by atoms with Crippen LogP contribution in [0.15, 0.2) is 0 Å². The predicted molar refractivity (Wildman–Crippen MR) is 26.9 cm³/mol. The lowest BCUT2D eigenvalue weighted by molar-refractivity contribution is -0.669. The van der Waals surface area contributed by atoms with E-state index in [1.807, 2.05) is 0 Å². The Morgan fingerprint density at radius 2 is 2.43 bits per heavy atom. The van der Waals surface area contributed by atoms with Crippen molar-refractivity contribution in [2.75, 3.05) is 13.1 Å². The number of quaternary nitrogens is 1. The molecule has 0 aromatic carbocycles. The Kier molecular flexibility index (Phi) is 1.65. The average molecular weight is 102 g/mol. The lowest BCUT2D eigenvalue weighted by Gasteiger charge is -2.13. The van der Waals surface area contributed by atoms with Crippen molar-refractivity contribution in [3.05, 3.63) is 0 Å². The highest BCUT2D eigenvalue weighted by molar-refractivity contribution is 4.54. The highest BCUT2D eigenvalue weighted by atomic mass is 16.3. The van der Waals surface area contributed by atoms with E-state index in [1.165, 1.54) is 13.0 Å². The molecule has 1 aliphatic rings. The number of rotatable bonds is 0. The highest BCUT2D eigenvalue weighted by Gasteiger charge is 2.10. The van der Waals surface area contributed by atoms with Crippen LogP contribution in [0.5, 0.6) is 0 Å². The van der Waals surface area contributed by atoms with Crippen molar-refractivity contribution < 1.29 is 10.4 Å². The Hall–Kier alpha value is -0.0800. The Bertz CT molecular complexity index is 50.0. The lowest BCUT2D eigenvalue weighted by Crippen LogP contribution is -2.88. The molecule has 1 unspecified atom stereocenters. The molecule has 7 heavy (non-hydrogen) atoms. The molecule has 1 fully saturated rings. The third-order valence-corrected chi connectivity index (χ3v) is 1.38. The van der Waals surface area contributed by atoms with E-state index < -0.39 is 0 Å². The Balaban J connectivity index is 2.12. The zero-order valence-electron chi connectivity index (χ0n) is 4.43. The standard InChI is InChI=1S/C5H11NO/c7-5-2-1-3-6-4-5/h5-7H,1-4H2/p+1. The quantitative estimate of drug-likeness (QED) is 0.392. The van der Waals surface area contributed by atoms with E-state index in [9.17, 15) is 0 Å². The molecule has 0 bridgehead atoms. The maximum Gasteiger partial charge on any atom is 0.103 e. The summed E-state index contributed by atoms with van der Waals surface area (Å²) in [5, 5.41) is 11.0. The summed E-state index contributed by atoms with van der Waals surface area (Å²) in [5.74, 6) is 0. The molecule has 0 spiro atoms. The maximum absolute atomic E-state index is 8.88. The number of hydrogen-bond donors (Lipinski definition) is 2. The first-order valence-corrected chi connectivity index (χ1v) is 2.89. The van der Waals surface area contributed by atoms with E-state index in [0.29, 0.717) is 0 Å². The summed E-state index contributed by atoms with van der Waals surface area (Å²) in [7, 11) is 0. The first kappa shape index (κ1) is 5.06. The fourth-order valence-electron chi connectivity index (χ4n) is 0.926. The van der Waals surface area contributed by atoms with Crippen molar-refractivity contribution in [1.29, 1.82) is 0 Å². The molecular formula is C5H12NO+. The summed E-state index contributed by atoms with van der Waals surface area (Å²) in [4.78, 5) is 0. The SMILES string of the molecule is OC1CCC[NH2+]C1. The van der Waals surface area contributed by atoms with Crippen molar-refractivity contribution in [3.8, 4) is 0 Å². The number of piperidine rings is 1. The average Bonchev–Trinajstić information content (AvgIpc) is 1.69. The van der Waals surface area contributed by atoms with Crippen LogP contribution in [0.2, 0.25) is 0 Å². The van der Waals surface area contributed by atoms with Gasteiger partial charge in [-0.1, -0.05) is 0 Å². The molecule has 1 saturated heterocycles. The van der Waals surface area contributed by atoms with E-state index in [0.717, 1.165) is 13.0 Å². The zero-order valence-corrected chi connectivity index (χ0v) is 4.43. The van der Waals surface area contributed by atoms with Gasteiger partial charge in [-0.2, -0.15) is 0 Å². The normalized spacial score (nSPS) is 33.0. The molecule has 1 rings (SSSR count). The van der Waals surface area contributed by atoms with Gasteiger partial charge >= 0.3 is 0 Å². The summed E-state index contributed by atoms with van der Waals surface area (Å²) >= 11 is 0. The van der Waals surface area contributed by atoms with Crippen LogP contribution in [-0.2, 0) is 0 Å². The summed E-state index contributed by atoms with van der Waals surface area (Å²) in [6, 6.07) is 0. The first-order chi connectivity index (χ1) is 3.39. The first-order valence-electron chi connectivity index (χ1n) is 2.89. The Labute approximate surface area is 43.5 Å². The van der Waals surface area contributed by atoms with Crippen molar-refractivity contribution in [2.24, 2.45) is 0 Å². The van der Waals surface area contributed by atoms with Gasteiger partial charge < -0.3 is 10.4 Å². The molecule has 0 amide bonds. The number of aliphatic hydroxyl groups is 1. The van der Waals surface area contributed by atoms with Crippen LogP contribution in [-0.4, -0.2) is 24.3 Å². The minimum Gasteiger partial charge on any atom is -0.387 e. The number of nitrogens with two attached hydrogens (primary N) is 1. The van der Waals surface area contributed by atoms with Gasteiger partial charge in [-0.3, -0.25) is 0 Å².